The summed E-state index contributed by atoms with van der Waals surface area (Å²) in [5, 5.41) is 4.75. The third-order valence-electron chi connectivity index (χ3n) is 3.88. The van der Waals surface area contributed by atoms with Crippen molar-refractivity contribution in [3.05, 3.63) is 34.5 Å². The minimum Gasteiger partial charge on any atom is -0.309 e. The Hall–Kier alpha value is -0.930. The lowest BCUT2D eigenvalue weighted by molar-refractivity contribution is 0.629. The SMILES string of the molecule is Fc1ccc2sc(CNC3CC3)c(C3CC3)c2c1. The summed E-state index contributed by atoms with van der Waals surface area (Å²) in [5.41, 5.74) is 1.43. The van der Waals surface area contributed by atoms with E-state index in [-0.39, 0.29) is 5.82 Å². The van der Waals surface area contributed by atoms with Crippen LogP contribution in [-0.2, 0) is 6.54 Å². The maximum atomic E-state index is 13.4. The van der Waals surface area contributed by atoms with Gasteiger partial charge in [0.05, 0.1) is 0 Å². The maximum absolute atomic E-state index is 13.4. The van der Waals surface area contributed by atoms with Crippen LogP contribution in [0.25, 0.3) is 10.1 Å². The minimum atomic E-state index is -0.107. The van der Waals surface area contributed by atoms with Crippen LogP contribution in [0.4, 0.5) is 4.39 Å². The Balaban J connectivity index is 1.76. The molecule has 1 aromatic carbocycles. The van der Waals surface area contributed by atoms with Crippen LogP contribution >= 0.6 is 11.3 Å². The van der Waals surface area contributed by atoms with Crippen LogP contribution in [0.3, 0.4) is 0 Å². The predicted molar refractivity (Wildman–Crippen MR) is 73.6 cm³/mol. The van der Waals surface area contributed by atoms with Crippen LogP contribution in [0.1, 0.15) is 42.0 Å². The largest absolute Gasteiger partial charge is 0.309 e. The second-order valence-corrected chi connectivity index (χ2v) is 6.65. The fourth-order valence-corrected chi connectivity index (χ4v) is 3.84. The molecule has 2 aliphatic rings. The Bertz CT molecular complexity index is 596. The van der Waals surface area contributed by atoms with E-state index >= 15 is 0 Å². The lowest BCUT2D eigenvalue weighted by Crippen LogP contribution is -2.15. The Morgan fingerprint density at radius 2 is 2.06 bits per heavy atom. The van der Waals surface area contributed by atoms with Gasteiger partial charge < -0.3 is 5.32 Å². The second-order valence-electron chi connectivity index (χ2n) is 5.51. The topological polar surface area (TPSA) is 12.0 Å². The second kappa shape index (κ2) is 4.04. The number of thiophene rings is 1. The van der Waals surface area contributed by atoms with Gasteiger partial charge in [0.1, 0.15) is 5.82 Å². The zero-order valence-corrected chi connectivity index (χ0v) is 11.0. The number of benzene rings is 1. The van der Waals surface area contributed by atoms with Crippen molar-refractivity contribution < 1.29 is 4.39 Å². The molecule has 0 amide bonds. The predicted octanol–water partition coefficient (Wildman–Crippen LogP) is 4.17. The Labute approximate surface area is 110 Å². The van der Waals surface area contributed by atoms with Gasteiger partial charge in [0.15, 0.2) is 0 Å². The molecule has 1 heterocycles. The highest BCUT2D eigenvalue weighted by atomic mass is 32.1. The summed E-state index contributed by atoms with van der Waals surface area (Å²) in [4.78, 5) is 1.44. The number of rotatable bonds is 4. The van der Waals surface area contributed by atoms with Gasteiger partial charge in [0, 0.05) is 22.2 Å². The van der Waals surface area contributed by atoms with Gasteiger partial charge >= 0.3 is 0 Å². The molecule has 3 heteroatoms. The molecule has 0 radical (unpaired) electrons. The van der Waals surface area contributed by atoms with E-state index in [0.29, 0.717) is 5.92 Å². The average Bonchev–Trinajstić information content (AvgIpc) is 3.25. The van der Waals surface area contributed by atoms with Gasteiger partial charge in [-0.1, -0.05) is 0 Å². The molecule has 0 saturated heterocycles. The van der Waals surface area contributed by atoms with Gasteiger partial charge in [-0.3, -0.25) is 0 Å². The molecule has 2 fully saturated rings. The first-order valence-corrected chi connectivity index (χ1v) is 7.57. The summed E-state index contributed by atoms with van der Waals surface area (Å²) in [7, 11) is 0. The van der Waals surface area contributed by atoms with Gasteiger partial charge in [0.2, 0.25) is 0 Å². The fourth-order valence-electron chi connectivity index (χ4n) is 2.61. The van der Waals surface area contributed by atoms with Crippen LogP contribution in [0.15, 0.2) is 18.2 Å². The molecule has 0 spiro atoms. The number of halogens is 1. The number of fused-ring (bicyclic) bond motifs is 1. The fraction of sp³-hybridized carbons (Fsp3) is 0.467. The maximum Gasteiger partial charge on any atom is 0.123 e. The molecule has 94 valence electrons. The molecule has 2 aliphatic carbocycles. The summed E-state index contributed by atoms with van der Waals surface area (Å²) >= 11 is 1.84. The van der Waals surface area contributed by atoms with E-state index in [4.69, 9.17) is 0 Å². The molecule has 0 unspecified atom stereocenters. The Morgan fingerprint density at radius 1 is 1.22 bits per heavy atom. The molecule has 1 N–H and O–H groups in total. The van der Waals surface area contributed by atoms with Gasteiger partial charge in [-0.2, -0.15) is 0 Å². The van der Waals surface area contributed by atoms with E-state index in [1.165, 1.54) is 40.8 Å². The summed E-state index contributed by atoms with van der Waals surface area (Å²) in [6.07, 6.45) is 5.19. The first kappa shape index (κ1) is 10.9. The Kier molecular flexibility index (Phi) is 2.45. The van der Waals surface area contributed by atoms with Crippen LogP contribution in [0.2, 0.25) is 0 Å². The molecule has 2 saturated carbocycles. The summed E-state index contributed by atoms with van der Waals surface area (Å²) in [5.74, 6) is 0.584. The Morgan fingerprint density at radius 3 is 2.78 bits per heavy atom. The van der Waals surface area contributed by atoms with Gasteiger partial charge in [-0.15, -0.1) is 11.3 Å². The lowest BCUT2D eigenvalue weighted by atomic mass is 10.1. The van der Waals surface area contributed by atoms with Crippen LogP contribution in [0, 0.1) is 5.82 Å². The first-order chi connectivity index (χ1) is 8.81. The number of nitrogens with one attached hydrogen (secondary N) is 1. The van der Waals surface area contributed by atoms with Crippen molar-refractivity contribution in [2.75, 3.05) is 0 Å². The zero-order chi connectivity index (χ0) is 12.1. The monoisotopic (exact) mass is 261 g/mol. The number of hydrogen-bond donors (Lipinski definition) is 1. The molecule has 0 bridgehead atoms. The standard InChI is InChI=1S/C15H16FNS/c16-10-3-6-13-12(7-10)15(9-1-2-9)14(18-13)8-17-11-4-5-11/h3,6-7,9,11,17H,1-2,4-5,8H2. The van der Waals surface area contributed by atoms with Crippen molar-refractivity contribution in [3.8, 4) is 0 Å². The van der Waals surface area contributed by atoms with E-state index < -0.39 is 0 Å². The number of hydrogen-bond acceptors (Lipinski definition) is 2. The third kappa shape index (κ3) is 1.95. The van der Waals surface area contributed by atoms with Gasteiger partial charge in [-0.05, 0) is 60.7 Å². The highest BCUT2D eigenvalue weighted by Crippen LogP contribution is 2.48. The normalized spacial score (nSPS) is 19.6. The molecule has 0 atom stereocenters. The van der Waals surface area contributed by atoms with Crippen LogP contribution in [-0.4, -0.2) is 6.04 Å². The van der Waals surface area contributed by atoms with Crippen molar-refractivity contribution in [2.45, 2.75) is 44.2 Å². The van der Waals surface area contributed by atoms with Crippen molar-refractivity contribution in [2.24, 2.45) is 0 Å². The highest BCUT2D eigenvalue weighted by molar-refractivity contribution is 7.19. The molecule has 4 rings (SSSR count). The van der Waals surface area contributed by atoms with Crippen LogP contribution < -0.4 is 5.32 Å². The molecule has 1 nitrogen and oxygen atoms in total. The average molecular weight is 261 g/mol. The van der Waals surface area contributed by atoms with E-state index in [1.807, 2.05) is 17.4 Å². The highest BCUT2D eigenvalue weighted by Gasteiger charge is 2.30. The molecular weight excluding hydrogens is 245 g/mol. The first-order valence-electron chi connectivity index (χ1n) is 6.75. The van der Waals surface area contributed by atoms with Crippen LogP contribution in [0.5, 0.6) is 0 Å². The van der Waals surface area contributed by atoms with Crippen molar-refractivity contribution in [3.63, 3.8) is 0 Å². The molecular formula is C15H16FNS. The van der Waals surface area contributed by atoms with E-state index in [1.54, 1.807) is 12.1 Å². The quantitative estimate of drug-likeness (QED) is 0.871. The van der Waals surface area contributed by atoms with Crippen molar-refractivity contribution >= 4 is 21.4 Å². The minimum absolute atomic E-state index is 0.107. The summed E-state index contributed by atoms with van der Waals surface area (Å²) < 4.78 is 14.7. The van der Waals surface area contributed by atoms with Crippen molar-refractivity contribution in [1.29, 1.82) is 0 Å². The molecule has 1 aromatic heterocycles. The summed E-state index contributed by atoms with van der Waals surface area (Å²) in [6, 6.07) is 5.97. The van der Waals surface area contributed by atoms with Gasteiger partial charge in [0.25, 0.3) is 0 Å². The van der Waals surface area contributed by atoms with Gasteiger partial charge in [-0.25, -0.2) is 4.39 Å². The molecule has 2 aromatic rings. The zero-order valence-electron chi connectivity index (χ0n) is 10.2. The lowest BCUT2D eigenvalue weighted by Gasteiger charge is -2.04. The van der Waals surface area contributed by atoms with E-state index in [0.717, 1.165) is 18.0 Å². The third-order valence-corrected chi connectivity index (χ3v) is 5.07. The van der Waals surface area contributed by atoms with E-state index in [2.05, 4.69) is 5.32 Å². The molecule has 18 heavy (non-hydrogen) atoms. The molecule has 0 aliphatic heterocycles. The smallest absolute Gasteiger partial charge is 0.123 e. The summed E-state index contributed by atoms with van der Waals surface area (Å²) in [6.45, 7) is 0.970. The van der Waals surface area contributed by atoms with Crippen molar-refractivity contribution in [1.82, 2.24) is 5.32 Å². The van der Waals surface area contributed by atoms with E-state index in [9.17, 15) is 4.39 Å².